The minimum atomic E-state index is -0.00843. The van der Waals surface area contributed by atoms with Crippen molar-refractivity contribution in [2.45, 2.75) is 32.2 Å². The Balaban J connectivity index is 1.30. The van der Waals surface area contributed by atoms with Crippen LogP contribution in [0, 0.1) is 6.92 Å². The average Bonchev–Trinajstić information content (AvgIpc) is 2.99. The van der Waals surface area contributed by atoms with Gasteiger partial charge in [0.1, 0.15) is 28.9 Å². The van der Waals surface area contributed by atoms with Crippen molar-refractivity contribution in [3.8, 4) is 11.5 Å². The predicted molar refractivity (Wildman–Crippen MR) is 168 cm³/mol. The average molecular weight is 588 g/mol. The fourth-order valence-corrected chi connectivity index (χ4v) is 5.05. The Kier molecular flexibility index (Phi) is 8.97. The summed E-state index contributed by atoms with van der Waals surface area (Å²) in [6.45, 7) is 7.14. The molecule has 0 bridgehead atoms. The van der Waals surface area contributed by atoms with Gasteiger partial charge in [-0.05, 0) is 62.4 Å². The molecule has 1 aliphatic rings. The van der Waals surface area contributed by atoms with Crippen LogP contribution in [0.5, 0.6) is 11.5 Å². The second-order valence-corrected chi connectivity index (χ2v) is 10.7. The molecule has 42 heavy (non-hydrogen) atoms. The quantitative estimate of drug-likeness (QED) is 0.186. The van der Waals surface area contributed by atoms with E-state index in [-0.39, 0.29) is 11.9 Å². The van der Waals surface area contributed by atoms with Crippen molar-refractivity contribution in [2.24, 2.45) is 4.99 Å². The number of piperidine rings is 1. The number of benzene rings is 2. The van der Waals surface area contributed by atoms with Crippen molar-refractivity contribution in [1.82, 2.24) is 25.3 Å². The number of hydrogen-bond acceptors (Lipinski definition) is 10. The lowest BCUT2D eigenvalue weighted by molar-refractivity contribution is -0.121. The van der Waals surface area contributed by atoms with Crippen molar-refractivity contribution in [1.29, 1.82) is 0 Å². The minimum absolute atomic E-state index is 0.00843. The van der Waals surface area contributed by atoms with Gasteiger partial charge in [-0.1, -0.05) is 0 Å². The number of aliphatic imine (C=N–C) groups is 1. The van der Waals surface area contributed by atoms with Gasteiger partial charge in [-0.15, -0.1) is 11.6 Å². The molecule has 0 spiro atoms. The van der Waals surface area contributed by atoms with E-state index in [0.717, 1.165) is 54.3 Å². The van der Waals surface area contributed by atoms with Crippen molar-refractivity contribution in [3.63, 3.8) is 0 Å². The number of fused-ring (bicyclic) bond motifs is 1. The van der Waals surface area contributed by atoms with Crippen molar-refractivity contribution >= 4 is 64.1 Å². The van der Waals surface area contributed by atoms with Crippen LogP contribution >= 0.6 is 11.6 Å². The lowest BCUT2D eigenvalue weighted by atomic mass is 10.1. The number of anilines is 4. The van der Waals surface area contributed by atoms with Gasteiger partial charge in [0, 0.05) is 57.3 Å². The first-order valence-corrected chi connectivity index (χ1v) is 14.3. The highest BCUT2D eigenvalue weighted by molar-refractivity contribution is 6.18. The monoisotopic (exact) mass is 587 g/mol. The largest absolute Gasteiger partial charge is 0.457 e. The molecule has 5 rings (SSSR count). The molecule has 2 aromatic heterocycles. The number of rotatable bonds is 10. The van der Waals surface area contributed by atoms with Gasteiger partial charge in [0.05, 0.1) is 17.6 Å². The molecule has 2 aromatic carbocycles. The smallest absolute Gasteiger partial charge is 0.226 e. The maximum absolute atomic E-state index is 11.9. The van der Waals surface area contributed by atoms with Crippen LogP contribution in [-0.2, 0) is 4.79 Å². The van der Waals surface area contributed by atoms with Gasteiger partial charge in [-0.3, -0.25) is 9.79 Å². The van der Waals surface area contributed by atoms with Gasteiger partial charge >= 0.3 is 0 Å². The molecular formula is C30H34ClN9O2. The summed E-state index contributed by atoms with van der Waals surface area (Å²) in [6.07, 6.45) is 5.17. The predicted octanol–water partition coefficient (Wildman–Crippen LogP) is 5.38. The van der Waals surface area contributed by atoms with Gasteiger partial charge in [0.2, 0.25) is 11.9 Å². The second kappa shape index (κ2) is 13.0. The Morgan fingerprint density at radius 2 is 1.98 bits per heavy atom. The molecule has 0 atom stereocenters. The number of nitrogens with zero attached hydrogens (tertiary/aromatic N) is 7. The van der Waals surface area contributed by atoms with E-state index in [9.17, 15) is 4.79 Å². The Morgan fingerprint density at radius 3 is 2.69 bits per heavy atom. The number of aromatic nitrogens is 4. The van der Waals surface area contributed by atoms with Gasteiger partial charge in [0.15, 0.2) is 5.82 Å². The molecule has 1 amide bonds. The Morgan fingerprint density at radius 1 is 1.17 bits per heavy atom. The zero-order chi connectivity index (χ0) is 29.6. The lowest BCUT2D eigenvalue weighted by Crippen LogP contribution is -2.45. The summed E-state index contributed by atoms with van der Waals surface area (Å²) in [5, 5.41) is 6.44. The lowest BCUT2D eigenvalue weighted by Gasteiger charge is -2.32. The molecule has 3 heterocycles. The van der Waals surface area contributed by atoms with Crippen LogP contribution in [0.2, 0.25) is 0 Å². The number of hydrogen-bond donors (Lipinski definition) is 2. The Labute approximate surface area is 250 Å². The molecule has 0 saturated carbocycles. The molecule has 0 radical (unpaired) electrons. The van der Waals surface area contributed by atoms with E-state index in [0.29, 0.717) is 40.8 Å². The van der Waals surface area contributed by atoms with Crippen LogP contribution in [0.4, 0.5) is 28.8 Å². The SMILES string of the molecule is C=Nc1cc(Oc2ccc(Nc3ncnc4cnc(N5CCC(NC(=O)CCCl)CC5)nc34)cc2C)ccc1N(C)C. The summed E-state index contributed by atoms with van der Waals surface area (Å²) in [5.41, 5.74) is 4.77. The van der Waals surface area contributed by atoms with Crippen LogP contribution in [0.25, 0.3) is 11.0 Å². The fourth-order valence-electron chi connectivity index (χ4n) is 4.88. The number of halogens is 1. The maximum atomic E-state index is 11.9. The summed E-state index contributed by atoms with van der Waals surface area (Å²) in [6, 6.07) is 11.7. The summed E-state index contributed by atoms with van der Waals surface area (Å²) in [7, 11) is 3.93. The number of aryl methyl sites for hydroxylation is 1. The molecule has 1 aliphatic heterocycles. The summed E-state index contributed by atoms with van der Waals surface area (Å²) in [5.74, 6) is 2.92. The normalized spacial score (nSPS) is 13.6. The van der Waals surface area contributed by atoms with E-state index >= 15 is 0 Å². The van der Waals surface area contributed by atoms with E-state index in [1.165, 1.54) is 6.33 Å². The second-order valence-electron chi connectivity index (χ2n) is 10.3. The molecule has 0 aliphatic carbocycles. The van der Waals surface area contributed by atoms with Gasteiger partial charge in [0.25, 0.3) is 0 Å². The van der Waals surface area contributed by atoms with Crippen LogP contribution in [0.1, 0.15) is 24.8 Å². The maximum Gasteiger partial charge on any atom is 0.226 e. The third-order valence-electron chi connectivity index (χ3n) is 7.09. The van der Waals surface area contributed by atoms with Crippen LogP contribution in [0.15, 0.2) is 53.9 Å². The molecule has 218 valence electrons. The highest BCUT2D eigenvalue weighted by Crippen LogP contribution is 2.35. The standard InChI is InChI=1S/C30H34ClN9O2/c1-19-15-21(5-8-26(19)42-22-6-7-25(39(3)4)23(16-22)32-2)37-29-28-24(34-18-35-29)17-33-30(38-28)40-13-10-20(11-14-40)36-27(41)9-12-31/h5-8,15-18,20H,2,9-14H2,1,3-4H3,(H,36,41)(H,34,35,37). The molecule has 2 N–H and O–H groups in total. The van der Waals surface area contributed by atoms with E-state index in [2.05, 4.69) is 42.2 Å². The van der Waals surface area contributed by atoms with Crippen LogP contribution in [-0.4, -0.2) is 71.7 Å². The molecule has 11 nitrogen and oxygen atoms in total. The van der Waals surface area contributed by atoms with Crippen molar-refractivity contribution in [2.75, 3.05) is 48.2 Å². The van der Waals surface area contributed by atoms with Crippen molar-refractivity contribution < 1.29 is 9.53 Å². The molecule has 1 fully saturated rings. The number of carbonyl (C=O) groups excluding carboxylic acids is 1. The first kappa shape index (κ1) is 29.0. The highest BCUT2D eigenvalue weighted by atomic mass is 35.5. The first-order valence-electron chi connectivity index (χ1n) is 13.8. The molecule has 12 heteroatoms. The topological polar surface area (TPSA) is 121 Å². The third-order valence-corrected chi connectivity index (χ3v) is 7.28. The molecule has 1 saturated heterocycles. The van der Waals surface area contributed by atoms with Gasteiger partial charge in [-0.2, -0.15) is 0 Å². The number of amides is 1. The van der Waals surface area contributed by atoms with Gasteiger partial charge < -0.3 is 25.2 Å². The molecule has 4 aromatic rings. The van der Waals surface area contributed by atoms with Gasteiger partial charge in [-0.25, -0.2) is 19.9 Å². The summed E-state index contributed by atoms with van der Waals surface area (Å²) < 4.78 is 6.17. The Hall–Kier alpha value is -4.51. The first-order chi connectivity index (χ1) is 20.3. The zero-order valence-electron chi connectivity index (χ0n) is 24.0. The number of ether oxygens (including phenoxy) is 1. The molecule has 0 unspecified atom stereocenters. The number of carbonyl (C=O) groups is 1. The van der Waals surface area contributed by atoms with E-state index in [1.54, 1.807) is 6.20 Å². The summed E-state index contributed by atoms with van der Waals surface area (Å²) >= 11 is 5.68. The van der Waals surface area contributed by atoms with Crippen LogP contribution < -0.4 is 25.2 Å². The third kappa shape index (κ3) is 6.68. The van der Waals surface area contributed by atoms with E-state index in [1.807, 2.05) is 62.3 Å². The van der Waals surface area contributed by atoms with E-state index < -0.39 is 0 Å². The van der Waals surface area contributed by atoms with E-state index in [4.69, 9.17) is 21.3 Å². The number of alkyl halides is 1. The zero-order valence-corrected chi connectivity index (χ0v) is 24.7. The Bertz CT molecular complexity index is 1590. The molecular weight excluding hydrogens is 554 g/mol. The van der Waals surface area contributed by atoms with Crippen LogP contribution in [0.3, 0.4) is 0 Å². The number of nitrogens with one attached hydrogen (secondary N) is 2. The summed E-state index contributed by atoms with van der Waals surface area (Å²) in [4.78, 5) is 38.3. The minimum Gasteiger partial charge on any atom is -0.457 e. The fraction of sp³-hybridized carbons (Fsp3) is 0.333. The van der Waals surface area contributed by atoms with Crippen molar-refractivity contribution in [3.05, 3.63) is 54.5 Å². The highest BCUT2D eigenvalue weighted by Gasteiger charge is 2.23.